The predicted molar refractivity (Wildman–Crippen MR) is 46.9 cm³/mol. The molecular formula is C8H10F3N3O2. The van der Waals surface area contributed by atoms with Gasteiger partial charge in [0.2, 0.25) is 0 Å². The monoisotopic (exact) mass is 237 g/mol. The molecule has 0 radical (unpaired) electrons. The van der Waals surface area contributed by atoms with Crippen LogP contribution in [0.15, 0.2) is 0 Å². The maximum Gasteiger partial charge on any atom is 0.435 e. The van der Waals surface area contributed by atoms with Gasteiger partial charge in [0.1, 0.15) is 0 Å². The van der Waals surface area contributed by atoms with Crippen LogP contribution in [-0.4, -0.2) is 35.0 Å². The van der Waals surface area contributed by atoms with Crippen molar-refractivity contribution >= 4 is 6.29 Å². The summed E-state index contributed by atoms with van der Waals surface area (Å²) in [6.07, 6.45) is -4.23. The Morgan fingerprint density at radius 3 is 2.69 bits per heavy atom. The van der Waals surface area contributed by atoms with Crippen molar-refractivity contribution in [2.45, 2.75) is 19.1 Å². The summed E-state index contributed by atoms with van der Waals surface area (Å²) >= 11 is 0. The number of carbonyl (C=O) groups is 1. The van der Waals surface area contributed by atoms with Crippen LogP contribution in [0.2, 0.25) is 0 Å². The number of carbonyl (C=O) groups excluding carboxylic acids is 1. The van der Waals surface area contributed by atoms with Crippen LogP contribution in [0.5, 0.6) is 0 Å². The lowest BCUT2D eigenvalue weighted by Gasteiger charge is -2.09. The zero-order valence-electron chi connectivity index (χ0n) is 8.49. The number of alkyl halides is 3. The lowest BCUT2D eigenvalue weighted by atomic mass is 10.3. The maximum atomic E-state index is 12.5. The van der Waals surface area contributed by atoms with Gasteiger partial charge in [-0.15, -0.1) is 5.10 Å². The van der Waals surface area contributed by atoms with E-state index in [-0.39, 0.29) is 12.8 Å². The summed E-state index contributed by atoms with van der Waals surface area (Å²) in [4.78, 5) is 10.4. The van der Waals surface area contributed by atoms with Crippen LogP contribution in [0.1, 0.15) is 22.6 Å². The van der Waals surface area contributed by atoms with Crippen LogP contribution in [0, 0.1) is 0 Å². The SMILES string of the molecule is COCCCn1nnc(C=O)c1C(F)(F)F. The van der Waals surface area contributed by atoms with Gasteiger partial charge in [-0.25, -0.2) is 4.68 Å². The molecule has 8 heteroatoms. The third kappa shape index (κ3) is 2.78. The lowest BCUT2D eigenvalue weighted by Crippen LogP contribution is -2.17. The van der Waals surface area contributed by atoms with Crippen molar-refractivity contribution in [1.82, 2.24) is 15.0 Å². The number of hydrogen-bond acceptors (Lipinski definition) is 4. The van der Waals surface area contributed by atoms with Crippen molar-refractivity contribution in [2.75, 3.05) is 13.7 Å². The minimum atomic E-state index is -4.63. The van der Waals surface area contributed by atoms with E-state index < -0.39 is 17.6 Å². The number of ether oxygens (including phenoxy) is 1. The van der Waals surface area contributed by atoms with Gasteiger partial charge in [-0.05, 0) is 6.42 Å². The Bertz CT molecular complexity index is 362. The molecule has 5 nitrogen and oxygen atoms in total. The van der Waals surface area contributed by atoms with Crippen LogP contribution in [0.4, 0.5) is 13.2 Å². The quantitative estimate of drug-likeness (QED) is 0.569. The average molecular weight is 237 g/mol. The fourth-order valence-electron chi connectivity index (χ4n) is 1.21. The van der Waals surface area contributed by atoms with Gasteiger partial charge in [0.05, 0.1) is 0 Å². The second kappa shape index (κ2) is 5.06. The molecule has 0 saturated heterocycles. The summed E-state index contributed by atoms with van der Waals surface area (Å²) in [7, 11) is 1.45. The number of aldehydes is 1. The second-order valence-electron chi connectivity index (χ2n) is 3.01. The fraction of sp³-hybridized carbons (Fsp3) is 0.625. The standard InChI is InChI=1S/C8H10F3N3O2/c1-16-4-2-3-14-7(8(9,10)11)6(5-15)12-13-14/h5H,2-4H2,1H3. The van der Waals surface area contributed by atoms with Crippen molar-refractivity contribution < 1.29 is 22.7 Å². The zero-order valence-corrected chi connectivity index (χ0v) is 8.49. The highest BCUT2D eigenvalue weighted by Crippen LogP contribution is 2.30. The molecule has 0 amide bonds. The molecule has 0 bridgehead atoms. The Morgan fingerprint density at radius 1 is 1.50 bits per heavy atom. The first-order valence-electron chi connectivity index (χ1n) is 4.45. The lowest BCUT2D eigenvalue weighted by molar-refractivity contribution is -0.144. The summed E-state index contributed by atoms with van der Waals surface area (Å²) in [5.41, 5.74) is -1.80. The van der Waals surface area contributed by atoms with Crippen molar-refractivity contribution in [1.29, 1.82) is 0 Å². The molecule has 1 heterocycles. The third-order valence-electron chi connectivity index (χ3n) is 1.86. The summed E-state index contributed by atoms with van der Waals surface area (Å²) in [6, 6.07) is 0. The number of aryl methyl sites for hydroxylation is 1. The highest BCUT2D eigenvalue weighted by molar-refractivity contribution is 5.73. The largest absolute Gasteiger partial charge is 0.435 e. The molecule has 16 heavy (non-hydrogen) atoms. The molecule has 1 aromatic rings. The molecule has 1 aromatic heterocycles. The fourth-order valence-corrected chi connectivity index (χ4v) is 1.21. The summed E-state index contributed by atoms with van der Waals surface area (Å²) in [5.74, 6) is 0. The van der Waals surface area contributed by atoms with Gasteiger partial charge in [0.25, 0.3) is 0 Å². The Balaban J connectivity index is 2.92. The van der Waals surface area contributed by atoms with E-state index in [1.807, 2.05) is 0 Å². The van der Waals surface area contributed by atoms with E-state index in [9.17, 15) is 18.0 Å². The van der Waals surface area contributed by atoms with Gasteiger partial charge in [0, 0.05) is 20.3 Å². The topological polar surface area (TPSA) is 57.0 Å². The Morgan fingerprint density at radius 2 is 2.19 bits per heavy atom. The molecule has 0 N–H and O–H groups in total. The van der Waals surface area contributed by atoms with Gasteiger partial charge >= 0.3 is 6.18 Å². The predicted octanol–water partition coefficient (Wildman–Crippen LogP) is 1.15. The molecule has 0 saturated carbocycles. The van der Waals surface area contributed by atoms with Gasteiger partial charge in [-0.3, -0.25) is 4.79 Å². The van der Waals surface area contributed by atoms with Crippen LogP contribution in [0.3, 0.4) is 0 Å². The molecule has 1 rings (SSSR count). The number of halogens is 3. The zero-order chi connectivity index (χ0) is 12.2. The van der Waals surface area contributed by atoms with Crippen molar-refractivity contribution in [3.05, 3.63) is 11.4 Å². The minimum absolute atomic E-state index is 0.00350. The average Bonchev–Trinajstić information content (AvgIpc) is 2.61. The normalized spacial score (nSPS) is 11.8. The van der Waals surface area contributed by atoms with E-state index in [1.54, 1.807) is 0 Å². The minimum Gasteiger partial charge on any atom is -0.385 e. The third-order valence-corrected chi connectivity index (χ3v) is 1.86. The van der Waals surface area contributed by atoms with E-state index in [0.29, 0.717) is 17.7 Å². The Labute approximate surface area is 89.2 Å². The second-order valence-corrected chi connectivity index (χ2v) is 3.01. The van der Waals surface area contributed by atoms with Gasteiger partial charge in [0.15, 0.2) is 17.7 Å². The molecule has 0 unspecified atom stereocenters. The molecule has 0 atom stereocenters. The van der Waals surface area contributed by atoms with Gasteiger partial charge < -0.3 is 4.74 Å². The van der Waals surface area contributed by atoms with Crippen molar-refractivity contribution in [3.8, 4) is 0 Å². The molecular weight excluding hydrogens is 227 g/mol. The maximum absolute atomic E-state index is 12.5. The van der Waals surface area contributed by atoms with Crippen molar-refractivity contribution in [2.24, 2.45) is 0 Å². The Hall–Kier alpha value is -1.44. The van der Waals surface area contributed by atoms with E-state index in [0.717, 1.165) is 0 Å². The Kier molecular flexibility index (Phi) is 3.99. The smallest absolute Gasteiger partial charge is 0.385 e. The molecule has 0 spiro atoms. The number of nitrogens with zero attached hydrogens (tertiary/aromatic N) is 3. The number of aromatic nitrogens is 3. The van der Waals surface area contributed by atoms with Crippen LogP contribution in [0.25, 0.3) is 0 Å². The number of methoxy groups -OCH3 is 1. The van der Waals surface area contributed by atoms with Crippen molar-refractivity contribution in [3.63, 3.8) is 0 Å². The molecule has 0 aliphatic rings. The number of rotatable bonds is 5. The first-order chi connectivity index (χ1) is 7.50. The summed E-state index contributed by atoms with van der Waals surface area (Å²) in [6.45, 7) is 0.317. The molecule has 0 aliphatic heterocycles. The van der Waals surface area contributed by atoms with E-state index in [1.165, 1.54) is 7.11 Å². The summed E-state index contributed by atoms with van der Waals surface area (Å²) in [5, 5.41) is 6.45. The summed E-state index contributed by atoms with van der Waals surface area (Å²) < 4.78 is 43.0. The first-order valence-corrected chi connectivity index (χ1v) is 4.45. The molecule has 0 aliphatic carbocycles. The molecule has 0 fully saturated rings. The van der Waals surface area contributed by atoms with E-state index in [4.69, 9.17) is 4.74 Å². The van der Waals surface area contributed by atoms with Gasteiger partial charge in [-0.1, -0.05) is 5.21 Å². The molecule has 90 valence electrons. The van der Waals surface area contributed by atoms with Crippen LogP contribution in [-0.2, 0) is 17.5 Å². The molecule has 0 aromatic carbocycles. The van der Waals surface area contributed by atoms with Crippen LogP contribution >= 0.6 is 0 Å². The van der Waals surface area contributed by atoms with Gasteiger partial charge in [-0.2, -0.15) is 13.2 Å². The van der Waals surface area contributed by atoms with E-state index >= 15 is 0 Å². The van der Waals surface area contributed by atoms with Crippen LogP contribution < -0.4 is 0 Å². The first kappa shape index (κ1) is 12.6. The number of hydrogen-bond donors (Lipinski definition) is 0. The highest BCUT2D eigenvalue weighted by Gasteiger charge is 2.39. The van der Waals surface area contributed by atoms with E-state index in [2.05, 4.69) is 10.3 Å². The highest BCUT2D eigenvalue weighted by atomic mass is 19.4.